The highest BCUT2D eigenvalue weighted by atomic mass is 32.2. The molecule has 0 saturated heterocycles. The molecule has 1 atom stereocenters. The molecule has 0 aliphatic rings. The van der Waals surface area contributed by atoms with Crippen LogP contribution in [0.5, 0.6) is 0 Å². The molecule has 0 unspecified atom stereocenters. The van der Waals surface area contributed by atoms with Crippen LogP contribution in [0.15, 0.2) is 59.8 Å². The number of nitrogens with zero attached hydrogens (tertiary/aromatic N) is 3. The lowest BCUT2D eigenvalue weighted by atomic mass is 10.2. The zero-order valence-corrected chi connectivity index (χ0v) is 18.1. The molecule has 0 fully saturated rings. The van der Waals surface area contributed by atoms with Gasteiger partial charge in [0, 0.05) is 17.8 Å². The second kappa shape index (κ2) is 10.1. The Morgan fingerprint density at radius 3 is 2.43 bits per heavy atom. The number of hydrogen-bond acceptors (Lipinski definition) is 5. The number of carbonyl (C=O) groups is 2. The fraction of sp³-hybridized carbons (Fsp3) is 0.273. The van der Waals surface area contributed by atoms with Gasteiger partial charge in [-0.3, -0.25) is 9.59 Å². The van der Waals surface area contributed by atoms with Crippen molar-refractivity contribution in [3.63, 3.8) is 0 Å². The highest BCUT2D eigenvalue weighted by Gasteiger charge is 2.20. The van der Waals surface area contributed by atoms with Gasteiger partial charge in [-0.2, -0.15) is 0 Å². The number of hydrogen-bond donors (Lipinski definition) is 2. The van der Waals surface area contributed by atoms with E-state index in [1.165, 1.54) is 11.8 Å². The highest BCUT2D eigenvalue weighted by molar-refractivity contribution is 7.99. The number of carbonyl (C=O) groups excluding carboxylic acids is 2. The first-order chi connectivity index (χ1) is 14.5. The Bertz CT molecular complexity index is 1000. The maximum absolute atomic E-state index is 12.4. The Kier molecular flexibility index (Phi) is 7.24. The minimum absolute atomic E-state index is 0.110. The molecule has 7 nitrogen and oxygen atoms in total. The summed E-state index contributed by atoms with van der Waals surface area (Å²) in [4.78, 5) is 24.7. The molecule has 2 aromatic carbocycles. The number of aromatic nitrogens is 3. The molecule has 2 N–H and O–H groups in total. The SMILES string of the molecule is CCn1c(SCC(=O)Nc2ccc(C)cc2)nnc1[C@@H](C)NC(=O)c1ccccc1. The second-order valence-corrected chi connectivity index (χ2v) is 7.79. The van der Waals surface area contributed by atoms with Gasteiger partial charge in [-0.1, -0.05) is 47.7 Å². The quantitative estimate of drug-likeness (QED) is 0.538. The Morgan fingerprint density at radius 2 is 1.77 bits per heavy atom. The van der Waals surface area contributed by atoms with Crippen molar-refractivity contribution in [2.75, 3.05) is 11.1 Å². The summed E-state index contributed by atoms with van der Waals surface area (Å²) in [6, 6.07) is 16.4. The summed E-state index contributed by atoms with van der Waals surface area (Å²) in [5.74, 6) is 0.599. The summed E-state index contributed by atoms with van der Waals surface area (Å²) < 4.78 is 1.92. The number of amides is 2. The summed E-state index contributed by atoms with van der Waals surface area (Å²) in [5.41, 5.74) is 2.50. The minimum Gasteiger partial charge on any atom is -0.342 e. The zero-order chi connectivity index (χ0) is 21.5. The standard InChI is InChI=1S/C22H25N5O2S/c1-4-27-20(16(3)23-21(29)17-8-6-5-7-9-17)25-26-22(27)30-14-19(28)24-18-12-10-15(2)11-13-18/h5-13,16H,4,14H2,1-3H3,(H,23,29)(H,24,28)/t16-/m1/s1. The Hall–Kier alpha value is -3.13. The van der Waals surface area contributed by atoms with Gasteiger partial charge >= 0.3 is 0 Å². The van der Waals surface area contributed by atoms with Crippen LogP contribution in [-0.2, 0) is 11.3 Å². The van der Waals surface area contributed by atoms with Crippen LogP contribution in [0, 0.1) is 6.92 Å². The number of nitrogens with one attached hydrogen (secondary N) is 2. The van der Waals surface area contributed by atoms with Crippen LogP contribution in [-0.4, -0.2) is 32.3 Å². The van der Waals surface area contributed by atoms with Crippen molar-refractivity contribution >= 4 is 29.3 Å². The predicted molar refractivity (Wildman–Crippen MR) is 119 cm³/mol. The molecule has 0 bridgehead atoms. The summed E-state index contributed by atoms with van der Waals surface area (Å²) in [7, 11) is 0. The first-order valence-electron chi connectivity index (χ1n) is 9.76. The third kappa shape index (κ3) is 5.48. The van der Waals surface area contributed by atoms with Crippen LogP contribution in [0.1, 0.15) is 41.6 Å². The van der Waals surface area contributed by atoms with E-state index in [-0.39, 0.29) is 23.6 Å². The van der Waals surface area contributed by atoms with Crippen LogP contribution < -0.4 is 10.6 Å². The molecule has 3 rings (SSSR count). The van der Waals surface area contributed by atoms with Gasteiger partial charge in [-0.15, -0.1) is 10.2 Å². The lowest BCUT2D eigenvalue weighted by Gasteiger charge is -2.15. The maximum atomic E-state index is 12.4. The molecule has 1 aromatic heterocycles. The van der Waals surface area contributed by atoms with Gasteiger partial charge in [0.25, 0.3) is 5.91 Å². The lowest BCUT2D eigenvalue weighted by molar-refractivity contribution is -0.113. The van der Waals surface area contributed by atoms with E-state index in [9.17, 15) is 9.59 Å². The molecule has 30 heavy (non-hydrogen) atoms. The molecule has 0 aliphatic heterocycles. The second-order valence-electron chi connectivity index (χ2n) is 6.85. The van der Waals surface area contributed by atoms with Gasteiger partial charge in [-0.25, -0.2) is 0 Å². The monoisotopic (exact) mass is 423 g/mol. The van der Waals surface area contributed by atoms with E-state index in [4.69, 9.17) is 0 Å². The van der Waals surface area contributed by atoms with Crippen molar-refractivity contribution in [2.45, 2.75) is 38.5 Å². The van der Waals surface area contributed by atoms with Crippen molar-refractivity contribution in [2.24, 2.45) is 0 Å². The first kappa shape index (κ1) is 21.6. The fourth-order valence-corrected chi connectivity index (χ4v) is 3.73. The van der Waals surface area contributed by atoms with Crippen molar-refractivity contribution in [1.29, 1.82) is 0 Å². The van der Waals surface area contributed by atoms with E-state index in [1.54, 1.807) is 12.1 Å². The summed E-state index contributed by atoms with van der Waals surface area (Å²) >= 11 is 1.32. The average Bonchev–Trinajstić information content (AvgIpc) is 3.17. The molecule has 8 heteroatoms. The van der Waals surface area contributed by atoms with Crippen molar-refractivity contribution in [3.05, 3.63) is 71.5 Å². The third-order valence-corrected chi connectivity index (χ3v) is 5.47. The number of benzene rings is 2. The van der Waals surface area contributed by atoms with E-state index in [1.807, 2.05) is 67.8 Å². The van der Waals surface area contributed by atoms with Crippen molar-refractivity contribution in [3.8, 4) is 0 Å². The number of anilines is 1. The molecule has 0 radical (unpaired) electrons. The van der Waals surface area contributed by atoms with Crippen LogP contribution in [0.2, 0.25) is 0 Å². The molecular weight excluding hydrogens is 398 g/mol. The molecule has 0 saturated carbocycles. The minimum atomic E-state index is -0.319. The van der Waals surface area contributed by atoms with Crippen LogP contribution in [0.3, 0.4) is 0 Å². The van der Waals surface area contributed by atoms with E-state index >= 15 is 0 Å². The molecular formula is C22H25N5O2S. The predicted octanol–water partition coefficient (Wildman–Crippen LogP) is 3.83. The van der Waals surface area contributed by atoms with Gasteiger partial charge in [0.1, 0.15) is 0 Å². The Balaban J connectivity index is 1.61. The molecule has 0 aliphatic carbocycles. The van der Waals surface area contributed by atoms with Gasteiger partial charge in [0.05, 0.1) is 11.8 Å². The average molecular weight is 424 g/mol. The summed E-state index contributed by atoms with van der Waals surface area (Å²) in [5, 5.41) is 14.9. The fourth-order valence-electron chi connectivity index (χ4n) is 2.92. The molecule has 0 spiro atoms. The first-order valence-corrected chi connectivity index (χ1v) is 10.7. The van der Waals surface area contributed by atoms with Gasteiger partial charge < -0.3 is 15.2 Å². The summed E-state index contributed by atoms with van der Waals surface area (Å²) in [6.07, 6.45) is 0. The third-order valence-electron chi connectivity index (χ3n) is 4.50. The Labute approximate surface area is 180 Å². The normalized spacial score (nSPS) is 11.7. The highest BCUT2D eigenvalue weighted by Crippen LogP contribution is 2.21. The van der Waals surface area contributed by atoms with Crippen molar-refractivity contribution in [1.82, 2.24) is 20.1 Å². The van der Waals surface area contributed by atoms with Gasteiger partial charge in [0.15, 0.2) is 11.0 Å². The largest absolute Gasteiger partial charge is 0.342 e. The van der Waals surface area contributed by atoms with Crippen LogP contribution in [0.25, 0.3) is 0 Å². The van der Waals surface area contributed by atoms with E-state index in [2.05, 4.69) is 20.8 Å². The van der Waals surface area contributed by atoms with E-state index < -0.39 is 0 Å². The number of aryl methyl sites for hydroxylation is 1. The molecule has 3 aromatic rings. The Morgan fingerprint density at radius 1 is 1.07 bits per heavy atom. The smallest absolute Gasteiger partial charge is 0.251 e. The summed E-state index contributed by atoms with van der Waals surface area (Å²) in [6.45, 7) is 6.49. The van der Waals surface area contributed by atoms with Crippen LogP contribution in [0.4, 0.5) is 5.69 Å². The van der Waals surface area contributed by atoms with E-state index in [0.29, 0.717) is 23.1 Å². The van der Waals surface area contributed by atoms with Crippen molar-refractivity contribution < 1.29 is 9.59 Å². The van der Waals surface area contributed by atoms with Gasteiger partial charge in [0.2, 0.25) is 5.91 Å². The van der Waals surface area contributed by atoms with Crippen LogP contribution >= 0.6 is 11.8 Å². The number of rotatable bonds is 8. The van der Waals surface area contributed by atoms with Gasteiger partial charge in [-0.05, 0) is 45.0 Å². The number of thioether (sulfide) groups is 1. The van der Waals surface area contributed by atoms with E-state index in [0.717, 1.165) is 11.3 Å². The molecule has 2 amide bonds. The zero-order valence-electron chi connectivity index (χ0n) is 17.3. The molecule has 1 heterocycles. The topological polar surface area (TPSA) is 88.9 Å². The molecule has 156 valence electrons. The maximum Gasteiger partial charge on any atom is 0.251 e. The lowest BCUT2D eigenvalue weighted by Crippen LogP contribution is -2.28.